The number of nitrogens with zero attached hydrogens (tertiary/aromatic N) is 1. The van der Waals surface area contributed by atoms with Gasteiger partial charge in [0.25, 0.3) is 0 Å². The Balaban J connectivity index is 2.24. The smallest absolute Gasteiger partial charge is 0.311 e. The molecule has 0 radical (unpaired) electrons. The van der Waals surface area contributed by atoms with Crippen LogP contribution in [-0.2, 0) is 0 Å². The summed E-state index contributed by atoms with van der Waals surface area (Å²) in [5.74, 6) is 0.677. The van der Waals surface area contributed by atoms with Gasteiger partial charge < -0.3 is 9.84 Å². The molecule has 0 fully saturated rings. The van der Waals surface area contributed by atoms with Crippen LogP contribution < -0.4 is 4.74 Å². The number of hydrogen-bond acceptors (Lipinski definition) is 4. The summed E-state index contributed by atoms with van der Waals surface area (Å²) >= 11 is 0. The molecule has 1 N–H and O–H groups in total. The quantitative estimate of drug-likeness (QED) is 0.674. The maximum Gasteiger partial charge on any atom is 0.311 e. The second-order valence-corrected chi connectivity index (χ2v) is 4.07. The fourth-order valence-electron chi connectivity index (χ4n) is 1.64. The van der Waals surface area contributed by atoms with Crippen molar-refractivity contribution < 1.29 is 14.8 Å². The topological polar surface area (TPSA) is 72.6 Å². The fraction of sp³-hybridized carbons (Fsp3) is 0.143. The van der Waals surface area contributed by atoms with Crippen LogP contribution in [0.1, 0.15) is 18.6 Å². The van der Waals surface area contributed by atoms with Crippen molar-refractivity contribution in [2.45, 2.75) is 13.0 Å². The third-order valence-corrected chi connectivity index (χ3v) is 2.65. The third-order valence-electron chi connectivity index (χ3n) is 2.65. The van der Waals surface area contributed by atoms with Crippen molar-refractivity contribution in [2.75, 3.05) is 0 Å². The predicted octanol–water partition coefficient (Wildman–Crippen LogP) is 3.44. The molecule has 0 amide bonds. The number of para-hydroxylation sites is 2. The second kappa shape index (κ2) is 5.49. The van der Waals surface area contributed by atoms with Gasteiger partial charge in [0.05, 0.1) is 11.0 Å². The lowest BCUT2D eigenvalue weighted by molar-refractivity contribution is -0.385. The molecule has 2 aromatic rings. The van der Waals surface area contributed by atoms with Gasteiger partial charge in [0.15, 0.2) is 0 Å². The first-order valence-corrected chi connectivity index (χ1v) is 5.77. The van der Waals surface area contributed by atoms with Crippen LogP contribution in [0.15, 0.2) is 48.5 Å². The number of nitro benzene ring substituents is 1. The largest absolute Gasteiger partial charge is 0.450 e. The Labute approximate surface area is 110 Å². The number of rotatable bonds is 4. The van der Waals surface area contributed by atoms with Gasteiger partial charge in [-0.25, -0.2) is 0 Å². The highest BCUT2D eigenvalue weighted by Crippen LogP contribution is 2.31. The standard InChI is InChI=1S/C14H13NO4/c1-10(16)11-6-8-12(9-7-11)19-14-5-3-2-4-13(14)15(17)18/h2-10,16H,1H3/t10-/m1/s1. The number of ether oxygens (including phenoxy) is 1. The Morgan fingerprint density at radius 2 is 1.79 bits per heavy atom. The van der Waals surface area contributed by atoms with Gasteiger partial charge in [-0.3, -0.25) is 10.1 Å². The predicted molar refractivity (Wildman–Crippen MR) is 70.2 cm³/mol. The SMILES string of the molecule is C[C@@H](O)c1ccc(Oc2ccccc2[N+](=O)[O-])cc1. The fourth-order valence-corrected chi connectivity index (χ4v) is 1.64. The minimum atomic E-state index is -0.555. The third kappa shape index (κ3) is 3.08. The van der Waals surface area contributed by atoms with E-state index in [1.807, 2.05) is 0 Å². The highest BCUT2D eigenvalue weighted by atomic mass is 16.6. The van der Waals surface area contributed by atoms with E-state index >= 15 is 0 Å². The first kappa shape index (κ1) is 13.0. The van der Waals surface area contributed by atoms with Gasteiger partial charge in [-0.2, -0.15) is 0 Å². The zero-order valence-electron chi connectivity index (χ0n) is 10.3. The molecule has 0 spiro atoms. The molecule has 0 aliphatic carbocycles. The summed E-state index contributed by atoms with van der Waals surface area (Å²) in [6.07, 6.45) is -0.555. The van der Waals surface area contributed by atoms with Crippen molar-refractivity contribution >= 4 is 5.69 Å². The van der Waals surface area contributed by atoms with Crippen molar-refractivity contribution in [3.8, 4) is 11.5 Å². The molecule has 5 nitrogen and oxygen atoms in total. The molecule has 0 saturated carbocycles. The van der Waals surface area contributed by atoms with E-state index in [1.54, 1.807) is 49.4 Å². The summed E-state index contributed by atoms with van der Waals surface area (Å²) in [6, 6.07) is 13.0. The lowest BCUT2D eigenvalue weighted by atomic mass is 10.1. The van der Waals surface area contributed by atoms with Crippen molar-refractivity contribution in [2.24, 2.45) is 0 Å². The monoisotopic (exact) mass is 259 g/mol. The summed E-state index contributed by atoms with van der Waals surface area (Å²) in [6.45, 7) is 1.66. The first-order valence-electron chi connectivity index (χ1n) is 5.77. The van der Waals surface area contributed by atoms with Crippen molar-refractivity contribution in [3.63, 3.8) is 0 Å². The summed E-state index contributed by atoms with van der Waals surface area (Å²) in [5, 5.41) is 20.2. The molecule has 2 rings (SSSR count). The zero-order valence-corrected chi connectivity index (χ0v) is 10.3. The molecular formula is C14H13NO4. The summed E-state index contributed by atoms with van der Waals surface area (Å²) in [7, 11) is 0. The minimum absolute atomic E-state index is 0.0814. The Morgan fingerprint density at radius 1 is 1.16 bits per heavy atom. The van der Waals surface area contributed by atoms with E-state index in [9.17, 15) is 15.2 Å². The van der Waals surface area contributed by atoms with Gasteiger partial charge in [0, 0.05) is 6.07 Å². The second-order valence-electron chi connectivity index (χ2n) is 4.07. The average molecular weight is 259 g/mol. The maximum atomic E-state index is 10.8. The van der Waals surface area contributed by atoms with Crippen LogP contribution >= 0.6 is 0 Å². The molecule has 1 atom stereocenters. The van der Waals surface area contributed by atoms with Crippen LogP contribution in [0.2, 0.25) is 0 Å². The van der Waals surface area contributed by atoms with Gasteiger partial charge in [-0.1, -0.05) is 24.3 Å². The van der Waals surface area contributed by atoms with Crippen molar-refractivity contribution in [1.82, 2.24) is 0 Å². The molecule has 0 unspecified atom stereocenters. The van der Waals surface area contributed by atoms with E-state index in [4.69, 9.17) is 4.74 Å². The molecule has 5 heteroatoms. The highest BCUT2D eigenvalue weighted by molar-refractivity contribution is 5.48. The van der Waals surface area contributed by atoms with Crippen LogP contribution in [-0.4, -0.2) is 10.0 Å². The lowest BCUT2D eigenvalue weighted by Crippen LogP contribution is -1.94. The maximum absolute atomic E-state index is 10.8. The van der Waals surface area contributed by atoms with Gasteiger partial charge in [-0.05, 0) is 30.7 Å². The molecule has 19 heavy (non-hydrogen) atoms. The van der Waals surface area contributed by atoms with Crippen molar-refractivity contribution in [3.05, 3.63) is 64.2 Å². The van der Waals surface area contributed by atoms with Crippen molar-refractivity contribution in [1.29, 1.82) is 0 Å². The summed E-state index contributed by atoms with van der Waals surface area (Å²) in [4.78, 5) is 10.4. The number of hydrogen-bond donors (Lipinski definition) is 1. The Hall–Kier alpha value is -2.40. The van der Waals surface area contributed by atoms with E-state index in [-0.39, 0.29) is 11.4 Å². The van der Waals surface area contributed by atoms with E-state index in [2.05, 4.69) is 0 Å². The molecule has 0 saturated heterocycles. The Bertz CT molecular complexity index is 578. The normalized spacial score (nSPS) is 11.9. The Morgan fingerprint density at radius 3 is 2.37 bits per heavy atom. The van der Waals surface area contributed by atoms with E-state index in [0.29, 0.717) is 5.75 Å². The summed E-state index contributed by atoms with van der Waals surface area (Å²) < 4.78 is 5.48. The molecule has 2 aromatic carbocycles. The van der Waals surface area contributed by atoms with Gasteiger partial charge >= 0.3 is 5.69 Å². The number of nitro groups is 1. The van der Waals surface area contributed by atoms with Crippen LogP contribution in [0.4, 0.5) is 5.69 Å². The average Bonchev–Trinajstić information content (AvgIpc) is 2.39. The highest BCUT2D eigenvalue weighted by Gasteiger charge is 2.14. The van der Waals surface area contributed by atoms with Gasteiger partial charge in [0.2, 0.25) is 5.75 Å². The van der Waals surface area contributed by atoms with E-state index in [1.165, 1.54) is 6.07 Å². The van der Waals surface area contributed by atoms with Crippen LogP contribution in [0.5, 0.6) is 11.5 Å². The van der Waals surface area contributed by atoms with Gasteiger partial charge in [0.1, 0.15) is 5.75 Å². The number of benzene rings is 2. The number of aliphatic hydroxyl groups is 1. The molecule has 0 aromatic heterocycles. The van der Waals surface area contributed by atoms with Crippen LogP contribution in [0.25, 0.3) is 0 Å². The summed E-state index contributed by atoms with van der Waals surface area (Å²) in [5.41, 5.74) is 0.678. The van der Waals surface area contributed by atoms with Crippen LogP contribution in [0.3, 0.4) is 0 Å². The van der Waals surface area contributed by atoms with Crippen LogP contribution in [0, 0.1) is 10.1 Å². The Kier molecular flexibility index (Phi) is 3.77. The van der Waals surface area contributed by atoms with E-state index < -0.39 is 11.0 Å². The number of aliphatic hydroxyl groups excluding tert-OH is 1. The lowest BCUT2D eigenvalue weighted by Gasteiger charge is -2.08. The van der Waals surface area contributed by atoms with E-state index in [0.717, 1.165) is 5.56 Å². The minimum Gasteiger partial charge on any atom is -0.450 e. The molecule has 0 aliphatic heterocycles. The first-order chi connectivity index (χ1) is 9.08. The molecular weight excluding hydrogens is 246 g/mol. The molecule has 0 aliphatic rings. The zero-order chi connectivity index (χ0) is 13.8. The molecule has 98 valence electrons. The molecule has 0 heterocycles. The van der Waals surface area contributed by atoms with Gasteiger partial charge in [-0.15, -0.1) is 0 Å². The molecule has 0 bridgehead atoms.